The zero-order valence-corrected chi connectivity index (χ0v) is 22.2. The average molecular weight is 575 g/mol. The van der Waals surface area contributed by atoms with Gasteiger partial charge in [0.1, 0.15) is 30.2 Å². The Morgan fingerprint density at radius 1 is 0.650 bits per heavy atom. The Kier molecular flexibility index (Phi) is 15.4. The van der Waals surface area contributed by atoms with E-state index in [0.717, 1.165) is 0 Å². The van der Waals surface area contributed by atoms with Crippen molar-refractivity contribution in [1.82, 2.24) is 21.3 Å². The minimum Gasteiger partial charge on any atom is -0.480 e. The Labute approximate surface area is 229 Å². The Morgan fingerprint density at radius 2 is 1.10 bits per heavy atom. The molecule has 0 aliphatic heterocycles. The van der Waals surface area contributed by atoms with E-state index >= 15 is 0 Å². The van der Waals surface area contributed by atoms with E-state index in [1.165, 1.54) is 13.8 Å². The van der Waals surface area contributed by atoms with Crippen LogP contribution in [0.1, 0.15) is 46.0 Å². The zero-order valence-electron chi connectivity index (χ0n) is 22.2. The van der Waals surface area contributed by atoms with E-state index in [9.17, 15) is 43.5 Å². The van der Waals surface area contributed by atoms with Crippen LogP contribution in [0.4, 0.5) is 0 Å². The molecule has 0 aliphatic carbocycles. The van der Waals surface area contributed by atoms with Gasteiger partial charge in [-0.1, -0.05) is 13.8 Å². The summed E-state index contributed by atoms with van der Waals surface area (Å²) in [6.45, 7) is 2.31. The lowest BCUT2D eigenvalue weighted by Crippen LogP contribution is -2.60. The fourth-order valence-electron chi connectivity index (χ4n) is 3.19. The van der Waals surface area contributed by atoms with Crippen molar-refractivity contribution >= 4 is 47.3 Å². The van der Waals surface area contributed by atoms with Gasteiger partial charge in [0, 0.05) is 12.8 Å². The molecule has 7 amide bonds. The van der Waals surface area contributed by atoms with Crippen LogP contribution in [0, 0.1) is 5.92 Å². The minimum absolute atomic E-state index is 0.272. The monoisotopic (exact) mass is 574 g/mol. The summed E-state index contributed by atoms with van der Waals surface area (Å²) in [5, 5.41) is 27.3. The van der Waals surface area contributed by atoms with Crippen LogP contribution in [0.2, 0.25) is 0 Å². The van der Waals surface area contributed by atoms with Crippen molar-refractivity contribution in [3.8, 4) is 0 Å². The number of nitrogens with two attached hydrogens (primary N) is 4. The normalized spacial score (nSPS) is 14.5. The summed E-state index contributed by atoms with van der Waals surface area (Å²) in [5.74, 6) is -8.68. The second-order valence-corrected chi connectivity index (χ2v) is 9.22. The lowest BCUT2D eigenvalue weighted by Gasteiger charge is -2.27. The number of hydrogen-bond acceptors (Lipinski definition) is 10. The maximum atomic E-state index is 13.1. The lowest BCUT2D eigenvalue weighted by molar-refractivity contribution is -0.143. The van der Waals surface area contributed by atoms with E-state index in [2.05, 4.69) is 21.3 Å². The first kappa shape index (κ1) is 35.7. The van der Waals surface area contributed by atoms with E-state index in [0.29, 0.717) is 0 Å². The van der Waals surface area contributed by atoms with Gasteiger partial charge in [-0.2, -0.15) is 0 Å². The van der Waals surface area contributed by atoms with Crippen LogP contribution in [0.3, 0.4) is 0 Å². The molecule has 0 heterocycles. The summed E-state index contributed by atoms with van der Waals surface area (Å²) in [7, 11) is 0. The number of aliphatic hydroxyl groups is 1. The molecule has 0 aromatic heterocycles. The smallest absolute Gasteiger partial charge is 0.326 e. The summed E-state index contributed by atoms with van der Waals surface area (Å²) in [6.07, 6.45) is -2.08. The summed E-state index contributed by atoms with van der Waals surface area (Å²) in [6, 6.07) is -7.36. The number of rotatable bonds is 19. The van der Waals surface area contributed by atoms with E-state index in [1.54, 1.807) is 0 Å². The number of aliphatic carboxylic acids is 1. The van der Waals surface area contributed by atoms with Crippen LogP contribution in [0.25, 0.3) is 0 Å². The van der Waals surface area contributed by atoms with Crippen LogP contribution in [-0.4, -0.2) is 94.3 Å². The molecule has 0 aliphatic rings. The molecule has 14 N–H and O–H groups in total. The van der Waals surface area contributed by atoms with E-state index in [-0.39, 0.29) is 25.7 Å². The van der Waals surface area contributed by atoms with E-state index in [1.807, 2.05) is 0 Å². The molecule has 0 radical (unpaired) electrons. The fraction of sp³-hybridized carbons (Fsp3) is 0.636. The molecule has 0 spiro atoms. The lowest BCUT2D eigenvalue weighted by atomic mass is 10.0. The number of primary amides is 3. The molecule has 5 atom stereocenters. The number of amides is 7. The second-order valence-electron chi connectivity index (χ2n) is 9.22. The molecule has 0 unspecified atom stereocenters. The Morgan fingerprint density at radius 3 is 1.52 bits per heavy atom. The predicted octanol–water partition coefficient (Wildman–Crippen LogP) is -5.61. The molecule has 40 heavy (non-hydrogen) atoms. The highest BCUT2D eigenvalue weighted by molar-refractivity contribution is 5.97. The van der Waals surface area contributed by atoms with Crippen molar-refractivity contribution in [1.29, 1.82) is 0 Å². The molecule has 0 fully saturated rings. The van der Waals surface area contributed by atoms with Crippen LogP contribution in [0.15, 0.2) is 0 Å². The molecule has 18 nitrogen and oxygen atoms in total. The number of carboxylic acid groups (broad SMARTS) is 1. The summed E-state index contributed by atoms with van der Waals surface area (Å²) < 4.78 is 0. The third-order valence-electron chi connectivity index (χ3n) is 5.43. The topological polar surface area (TPSA) is 329 Å². The molecular weight excluding hydrogens is 536 g/mol. The van der Waals surface area contributed by atoms with Gasteiger partial charge in [0.25, 0.3) is 0 Å². The first-order chi connectivity index (χ1) is 18.5. The van der Waals surface area contributed by atoms with Crippen molar-refractivity contribution in [3.05, 3.63) is 0 Å². The van der Waals surface area contributed by atoms with Gasteiger partial charge >= 0.3 is 5.97 Å². The molecule has 0 aromatic rings. The van der Waals surface area contributed by atoms with Crippen LogP contribution >= 0.6 is 0 Å². The first-order valence-corrected chi connectivity index (χ1v) is 12.2. The highest BCUT2D eigenvalue weighted by atomic mass is 16.4. The minimum atomic E-state index is -1.66. The van der Waals surface area contributed by atoms with Gasteiger partial charge in [0.05, 0.1) is 13.0 Å². The van der Waals surface area contributed by atoms with Crippen molar-refractivity contribution < 1.29 is 48.6 Å². The first-order valence-electron chi connectivity index (χ1n) is 12.2. The van der Waals surface area contributed by atoms with Crippen molar-refractivity contribution in [2.75, 3.05) is 6.61 Å². The molecule has 0 rings (SSSR count). The molecule has 18 heteroatoms. The maximum Gasteiger partial charge on any atom is 0.326 e. The second kappa shape index (κ2) is 17.3. The number of hydrogen-bond donors (Lipinski definition) is 10. The largest absolute Gasteiger partial charge is 0.480 e. The Balaban J connectivity index is 5.79. The number of nitrogens with one attached hydrogen (secondary N) is 4. The van der Waals surface area contributed by atoms with Crippen LogP contribution in [0.5, 0.6) is 0 Å². The molecular formula is C22H38N8O10. The third kappa shape index (κ3) is 13.5. The van der Waals surface area contributed by atoms with Gasteiger partial charge < -0.3 is 54.4 Å². The molecule has 0 aromatic carbocycles. The third-order valence-corrected chi connectivity index (χ3v) is 5.43. The van der Waals surface area contributed by atoms with Crippen LogP contribution < -0.4 is 44.2 Å². The van der Waals surface area contributed by atoms with Crippen LogP contribution in [-0.2, 0) is 38.4 Å². The summed E-state index contributed by atoms with van der Waals surface area (Å²) in [4.78, 5) is 96.1. The molecule has 226 valence electrons. The molecule has 0 saturated carbocycles. The van der Waals surface area contributed by atoms with Gasteiger partial charge in [-0.25, -0.2) is 4.79 Å². The van der Waals surface area contributed by atoms with E-state index in [4.69, 9.17) is 28.0 Å². The Hall–Kier alpha value is -4.32. The molecule has 0 saturated heterocycles. The fourth-order valence-corrected chi connectivity index (χ4v) is 3.19. The van der Waals surface area contributed by atoms with E-state index < -0.39 is 96.5 Å². The predicted molar refractivity (Wildman–Crippen MR) is 136 cm³/mol. The SMILES string of the molecule is CC(C)[C@H](NC(=O)[C@H](CCC(N)=O)NC(=O)[C@@H](N)CO)C(=O)N[C@@H](CC(N)=O)C(=O)N[C@@H](CCC(N)=O)C(=O)O. The zero-order chi connectivity index (χ0) is 31.2. The van der Waals surface area contributed by atoms with Gasteiger partial charge in [-0.05, 0) is 18.8 Å². The number of carboxylic acids is 1. The average Bonchev–Trinajstić information content (AvgIpc) is 2.84. The van der Waals surface area contributed by atoms with Crippen molar-refractivity contribution in [2.45, 2.75) is 76.2 Å². The number of carbonyl (C=O) groups is 8. The highest BCUT2D eigenvalue weighted by Crippen LogP contribution is 2.07. The van der Waals surface area contributed by atoms with Gasteiger partial charge in [-0.15, -0.1) is 0 Å². The summed E-state index contributed by atoms with van der Waals surface area (Å²) in [5.41, 5.74) is 20.7. The van der Waals surface area contributed by atoms with Gasteiger partial charge in [0.15, 0.2) is 0 Å². The number of aliphatic hydroxyl groups excluding tert-OH is 1. The van der Waals surface area contributed by atoms with Gasteiger partial charge in [-0.3, -0.25) is 33.6 Å². The van der Waals surface area contributed by atoms with Gasteiger partial charge in [0.2, 0.25) is 41.4 Å². The standard InChI is InChI=1S/C22H38N8O10/c1-9(2)17(30-19(36)11(3-5-14(24)32)27-18(35)10(23)8-31)21(38)29-13(7-16(26)34)20(37)28-12(22(39)40)4-6-15(25)33/h9-13,17,31H,3-8,23H2,1-2H3,(H2,24,32)(H2,25,33)(H2,26,34)(H,27,35)(H,28,37)(H,29,38)(H,30,36)(H,39,40)/t10-,11-,12-,13-,17-/m0/s1. The highest BCUT2D eigenvalue weighted by Gasteiger charge is 2.33. The van der Waals surface area contributed by atoms with Crippen molar-refractivity contribution in [2.24, 2.45) is 28.9 Å². The quantitative estimate of drug-likeness (QED) is 0.0693. The van der Waals surface area contributed by atoms with Crippen molar-refractivity contribution in [3.63, 3.8) is 0 Å². The Bertz CT molecular complexity index is 973. The molecule has 0 bridgehead atoms. The number of carbonyl (C=O) groups excluding carboxylic acids is 7. The summed E-state index contributed by atoms with van der Waals surface area (Å²) >= 11 is 0. The maximum absolute atomic E-state index is 13.1.